The summed E-state index contributed by atoms with van der Waals surface area (Å²) in [6, 6.07) is 0. The molecule has 0 amide bonds. The van der Waals surface area contributed by atoms with Crippen LogP contribution in [0.3, 0.4) is 0 Å². The highest BCUT2D eigenvalue weighted by Crippen LogP contribution is 2.26. The quantitative estimate of drug-likeness (QED) is 0.859. The van der Waals surface area contributed by atoms with E-state index in [1.807, 2.05) is 0 Å². The summed E-state index contributed by atoms with van der Waals surface area (Å²) < 4.78 is 0. The summed E-state index contributed by atoms with van der Waals surface area (Å²) in [6.07, 6.45) is 0.741. The summed E-state index contributed by atoms with van der Waals surface area (Å²) >= 11 is 3.11. The van der Waals surface area contributed by atoms with Gasteiger partial charge < -0.3 is 5.11 Å². The zero-order chi connectivity index (χ0) is 13.0. The smallest absolute Gasteiger partial charge is 0.347 e. The Hall–Kier alpha value is -0.550. The number of aromatic nitrogens is 1. The number of carboxylic acid groups (broad SMARTS) is 1. The molecule has 0 atom stereocenters. The number of thiazole rings is 1. The molecule has 0 radical (unpaired) electrons. The topological polar surface area (TPSA) is 50.2 Å². The average Bonchev–Trinajstić information content (AvgIpc) is 2.57. The standard InChI is InChI=1S/C12H19NO2S2/c1-7(2)5-9-11(12(14)15)17-10(13-9)6-16-8(3)4/h7-8H,5-6H2,1-4H3,(H,14,15). The van der Waals surface area contributed by atoms with Crippen molar-refractivity contribution in [3.8, 4) is 0 Å². The average molecular weight is 273 g/mol. The van der Waals surface area contributed by atoms with Crippen molar-refractivity contribution in [1.82, 2.24) is 4.98 Å². The van der Waals surface area contributed by atoms with Gasteiger partial charge in [-0.15, -0.1) is 11.3 Å². The molecule has 17 heavy (non-hydrogen) atoms. The Morgan fingerprint density at radius 1 is 1.41 bits per heavy atom. The second-order valence-corrected chi connectivity index (χ2v) is 7.29. The zero-order valence-corrected chi connectivity index (χ0v) is 12.3. The van der Waals surface area contributed by atoms with Crippen molar-refractivity contribution in [3.63, 3.8) is 0 Å². The van der Waals surface area contributed by atoms with E-state index in [0.717, 1.165) is 22.9 Å². The van der Waals surface area contributed by atoms with E-state index in [1.54, 1.807) is 11.8 Å². The van der Waals surface area contributed by atoms with Crippen LogP contribution in [0.4, 0.5) is 0 Å². The molecule has 1 rings (SSSR count). The number of carbonyl (C=O) groups is 1. The third-order valence-corrected chi connectivity index (χ3v) is 4.45. The van der Waals surface area contributed by atoms with Crippen LogP contribution in [0.5, 0.6) is 0 Å². The van der Waals surface area contributed by atoms with E-state index in [0.29, 0.717) is 16.0 Å². The molecule has 3 nitrogen and oxygen atoms in total. The van der Waals surface area contributed by atoms with Crippen molar-refractivity contribution in [2.24, 2.45) is 5.92 Å². The number of hydrogen-bond acceptors (Lipinski definition) is 4. The minimum absolute atomic E-state index is 0.415. The van der Waals surface area contributed by atoms with Crippen molar-refractivity contribution in [2.75, 3.05) is 0 Å². The molecule has 0 unspecified atom stereocenters. The summed E-state index contributed by atoms with van der Waals surface area (Å²) in [4.78, 5) is 16.0. The van der Waals surface area contributed by atoms with Crippen molar-refractivity contribution < 1.29 is 9.90 Å². The first-order chi connectivity index (χ1) is 7.90. The Balaban J connectivity index is 2.84. The van der Waals surface area contributed by atoms with Gasteiger partial charge in [-0.1, -0.05) is 27.7 Å². The van der Waals surface area contributed by atoms with Crippen LogP contribution in [0, 0.1) is 5.92 Å². The number of thioether (sulfide) groups is 1. The molecule has 1 N–H and O–H groups in total. The van der Waals surface area contributed by atoms with Gasteiger partial charge in [0.25, 0.3) is 0 Å². The van der Waals surface area contributed by atoms with Gasteiger partial charge in [0.1, 0.15) is 9.88 Å². The highest BCUT2D eigenvalue weighted by atomic mass is 32.2. The van der Waals surface area contributed by atoms with Gasteiger partial charge in [-0.3, -0.25) is 0 Å². The van der Waals surface area contributed by atoms with E-state index < -0.39 is 5.97 Å². The van der Waals surface area contributed by atoms with E-state index in [9.17, 15) is 4.79 Å². The van der Waals surface area contributed by atoms with Gasteiger partial charge in [0.15, 0.2) is 0 Å². The highest BCUT2D eigenvalue weighted by Gasteiger charge is 2.18. The van der Waals surface area contributed by atoms with Gasteiger partial charge in [0.2, 0.25) is 0 Å². The summed E-state index contributed by atoms with van der Waals surface area (Å²) in [5.74, 6) is 0.389. The fraction of sp³-hybridized carbons (Fsp3) is 0.667. The van der Waals surface area contributed by atoms with Crippen LogP contribution < -0.4 is 0 Å². The van der Waals surface area contributed by atoms with Crippen LogP contribution in [0.2, 0.25) is 0 Å². The molecule has 0 saturated carbocycles. The van der Waals surface area contributed by atoms with E-state index in [4.69, 9.17) is 5.11 Å². The first-order valence-corrected chi connectivity index (χ1v) is 7.60. The van der Waals surface area contributed by atoms with Crippen LogP contribution in [-0.4, -0.2) is 21.3 Å². The van der Waals surface area contributed by atoms with E-state index in [2.05, 4.69) is 32.7 Å². The maximum absolute atomic E-state index is 11.1. The lowest BCUT2D eigenvalue weighted by Gasteiger charge is -2.02. The SMILES string of the molecule is CC(C)Cc1nc(CSC(C)C)sc1C(=O)O. The van der Waals surface area contributed by atoms with E-state index in [1.165, 1.54) is 11.3 Å². The molecule has 1 aromatic rings. The number of nitrogens with zero attached hydrogens (tertiary/aromatic N) is 1. The molecule has 0 aliphatic rings. The summed E-state index contributed by atoms with van der Waals surface area (Å²) in [5.41, 5.74) is 0.747. The van der Waals surface area contributed by atoms with Crippen molar-refractivity contribution in [2.45, 2.75) is 45.1 Å². The maximum atomic E-state index is 11.1. The van der Waals surface area contributed by atoms with Gasteiger partial charge >= 0.3 is 5.97 Å². The normalized spacial score (nSPS) is 11.4. The molecule has 1 heterocycles. The number of aromatic carboxylic acids is 1. The molecule has 0 bridgehead atoms. The number of carboxylic acids is 1. The number of rotatable bonds is 6. The van der Waals surface area contributed by atoms with Crippen molar-refractivity contribution in [1.29, 1.82) is 0 Å². The van der Waals surface area contributed by atoms with Crippen LogP contribution in [0.1, 0.15) is 48.1 Å². The van der Waals surface area contributed by atoms with Crippen LogP contribution in [-0.2, 0) is 12.2 Å². The largest absolute Gasteiger partial charge is 0.477 e. The second kappa shape index (κ2) is 6.40. The van der Waals surface area contributed by atoms with Crippen molar-refractivity contribution >= 4 is 29.1 Å². The predicted molar refractivity (Wildman–Crippen MR) is 74.0 cm³/mol. The second-order valence-electron chi connectivity index (χ2n) is 4.65. The van der Waals surface area contributed by atoms with Crippen LogP contribution in [0.25, 0.3) is 0 Å². The molecule has 0 saturated heterocycles. The van der Waals surface area contributed by atoms with E-state index in [-0.39, 0.29) is 0 Å². The maximum Gasteiger partial charge on any atom is 0.347 e. The molecular weight excluding hydrogens is 254 g/mol. The molecule has 0 aromatic carbocycles. The number of hydrogen-bond donors (Lipinski definition) is 1. The Bertz CT molecular complexity index is 386. The summed E-state index contributed by atoms with van der Waals surface area (Å²) in [6.45, 7) is 8.41. The molecule has 0 aliphatic heterocycles. The fourth-order valence-corrected chi connectivity index (χ4v) is 3.10. The van der Waals surface area contributed by atoms with Gasteiger partial charge in [-0.25, -0.2) is 9.78 Å². The third kappa shape index (κ3) is 4.68. The lowest BCUT2D eigenvalue weighted by molar-refractivity contribution is 0.0700. The zero-order valence-electron chi connectivity index (χ0n) is 10.7. The fourth-order valence-electron chi connectivity index (χ4n) is 1.39. The molecule has 96 valence electrons. The highest BCUT2D eigenvalue weighted by molar-refractivity contribution is 7.99. The molecular formula is C12H19NO2S2. The summed E-state index contributed by atoms with van der Waals surface area (Å²) in [5, 5.41) is 10.6. The minimum atomic E-state index is -0.848. The monoisotopic (exact) mass is 273 g/mol. The van der Waals surface area contributed by atoms with Crippen molar-refractivity contribution in [3.05, 3.63) is 15.6 Å². The minimum Gasteiger partial charge on any atom is -0.477 e. The third-order valence-electron chi connectivity index (χ3n) is 2.08. The predicted octanol–water partition coefficient (Wildman–Crippen LogP) is 3.68. The van der Waals surface area contributed by atoms with Gasteiger partial charge in [-0.05, 0) is 17.6 Å². The first-order valence-electron chi connectivity index (χ1n) is 5.73. The molecule has 5 heteroatoms. The molecule has 0 fully saturated rings. The van der Waals surface area contributed by atoms with Crippen LogP contribution >= 0.6 is 23.1 Å². The molecule has 0 spiro atoms. The first kappa shape index (κ1) is 14.5. The van der Waals surface area contributed by atoms with Gasteiger partial charge in [0, 0.05) is 5.75 Å². The lowest BCUT2D eigenvalue weighted by atomic mass is 10.1. The Labute approximate surface area is 111 Å². The molecule has 1 aromatic heterocycles. The van der Waals surface area contributed by atoms with Gasteiger partial charge in [0.05, 0.1) is 5.69 Å². The Morgan fingerprint density at radius 3 is 2.53 bits per heavy atom. The Morgan fingerprint density at radius 2 is 2.06 bits per heavy atom. The van der Waals surface area contributed by atoms with Crippen LogP contribution in [0.15, 0.2) is 0 Å². The van der Waals surface area contributed by atoms with Gasteiger partial charge in [-0.2, -0.15) is 11.8 Å². The Kier molecular flexibility index (Phi) is 5.46. The molecule has 0 aliphatic carbocycles. The lowest BCUT2D eigenvalue weighted by Crippen LogP contribution is -2.02. The summed E-state index contributed by atoms with van der Waals surface area (Å²) in [7, 11) is 0. The van der Waals surface area contributed by atoms with E-state index >= 15 is 0 Å².